The molecule has 3 aliphatic carbocycles. The lowest BCUT2D eigenvalue weighted by molar-refractivity contribution is -0.149. The Balaban J connectivity index is 1.31. The topological polar surface area (TPSA) is 150 Å². The summed E-state index contributed by atoms with van der Waals surface area (Å²) in [6.45, 7) is 0.271. The predicted molar refractivity (Wildman–Crippen MR) is 115 cm³/mol. The Kier molecular flexibility index (Phi) is 4.57. The fourth-order valence-corrected chi connectivity index (χ4v) is 6.29. The number of carbonyl (C=O) groups is 5. The Morgan fingerprint density at radius 2 is 1.52 bits per heavy atom. The lowest BCUT2D eigenvalue weighted by atomic mass is 9.51. The molecule has 2 saturated heterocycles. The van der Waals surface area contributed by atoms with Gasteiger partial charge in [0.25, 0.3) is 17.7 Å². The van der Waals surface area contributed by atoms with Gasteiger partial charge in [-0.15, -0.1) is 0 Å². The molecule has 4 N–H and O–H groups in total. The minimum Gasteiger partial charge on any atom is -0.385 e. The van der Waals surface area contributed by atoms with Crippen LogP contribution in [0.25, 0.3) is 0 Å². The Labute approximate surface area is 191 Å². The van der Waals surface area contributed by atoms with Crippen molar-refractivity contribution < 1.29 is 24.0 Å². The summed E-state index contributed by atoms with van der Waals surface area (Å²) in [6.07, 6.45) is 5.66. The predicted octanol–water partition coefficient (Wildman–Crippen LogP) is 0.302. The number of barbiturate groups is 1. The van der Waals surface area contributed by atoms with Crippen LogP contribution < -0.4 is 11.5 Å². The van der Waals surface area contributed by atoms with Crippen LogP contribution in [0.5, 0.6) is 0 Å². The number of imide groups is 3. The summed E-state index contributed by atoms with van der Waals surface area (Å²) in [5.74, 6) is -1.70. The normalized spacial score (nSPS) is 34.8. The monoisotopic (exact) mass is 458 g/mol. The van der Waals surface area contributed by atoms with Gasteiger partial charge in [-0.2, -0.15) is 0 Å². The first-order valence-corrected chi connectivity index (χ1v) is 11.5. The second kappa shape index (κ2) is 6.94. The maximum Gasteiger partial charge on any atom is 0.334 e. The van der Waals surface area contributed by atoms with Crippen LogP contribution in [0.4, 0.5) is 9.59 Å². The Morgan fingerprint density at radius 3 is 2.00 bits per heavy atom. The van der Waals surface area contributed by atoms with Crippen LogP contribution in [0.1, 0.15) is 51.4 Å². The molecule has 11 nitrogen and oxygen atoms in total. The zero-order chi connectivity index (χ0) is 23.9. The maximum atomic E-state index is 13.2. The van der Waals surface area contributed by atoms with E-state index in [4.69, 9.17) is 11.5 Å². The van der Waals surface area contributed by atoms with Gasteiger partial charge >= 0.3 is 12.1 Å². The van der Waals surface area contributed by atoms with E-state index in [9.17, 15) is 24.0 Å². The van der Waals surface area contributed by atoms with Gasteiger partial charge in [-0.1, -0.05) is 0 Å². The van der Waals surface area contributed by atoms with Gasteiger partial charge in [0.2, 0.25) is 0 Å². The van der Waals surface area contributed by atoms with Crippen LogP contribution in [0.3, 0.4) is 0 Å². The molecule has 33 heavy (non-hydrogen) atoms. The molecule has 5 fully saturated rings. The van der Waals surface area contributed by atoms with E-state index in [1.807, 2.05) is 0 Å². The standard InChI is InChI=1S/C22H30N6O5/c1-25-18(31)22(26(2)19(25)32)10-21(11-22)7-5-13(6-8-21)28-17(30)14(15(23)24)16(29)27(20(28)33)9-12-3-4-12/h12-13H,3-11,23-24H2,1-2H3. The summed E-state index contributed by atoms with van der Waals surface area (Å²) in [4.78, 5) is 69.0. The third-order valence-corrected chi connectivity index (χ3v) is 8.39. The molecule has 0 bridgehead atoms. The van der Waals surface area contributed by atoms with Crippen molar-refractivity contribution in [1.29, 1.82) is 0 Å². The van der Waals surface area contributed by atoms with E-state index in [-0.39, 0.29) is 47.3 Å². The Morgan fingerprint density at radius 1 is 0.909 bits per heavy atom. The zero-order valence-corrected chi connectivity index (χ0v) is 19.0. The lowest BCUT2D eigenvalue weighted by Gasteiger charge is -2.58. The Bertz CT molecular complexity index is 997. The molecule has 7 amide bonds. The van der Waals surface area contributed by atoms with Crippen molar-refractivity contribution in [3.63, 3.8) is 0 Å². The van der Waals surface area contributed by atoms with Crippen LogP contribution >= 0.6 is 0 Å². The molecule has 3 saturated carbocycles. The molecule has 0 aromatic heterocycles. The summed E-state index contributed by atoms with van der Waals surface area (Å²) in [7, 11) is 3.18. The number of hydrogen-bond donors (Lipinski definition) is 2. The highest BCUT2D eigenvalue weighted by atomic mass is 16.2. The summed E-state index contributed by atoms with van der Waals surface area (Å²) >= 11 is 0. The molecule has 11 heteroatoms. The fourth-order valence-electron chi connectivity index (χ4n) is 6.29. The van der Waals surface area contributed by atoms with Gasteiger partial charge < -0.3 is 16.4 Å². The third-order valence-electron chi connectivity index (χ3n) is 8.39. The van der Waals surface area contributed by atoms with E-state index < -0.39 is 23.4 Å². The highest BCUT2D eigenvalue weighted by Gasteiger charge is 2.67. The minimum absolute atomic E-state index is 0.0944. The molecule has 0 radical (unpaired) electrons. The number of nitrogens with two attached hydrogens (primary N) is 2. The molecular formula is C22H30N6O5. The average Bonchev–Trinajstić information content (AvgIpc) is 3.55. The largest absolute Gasteiger partial charge is 0.385 e. The zero-order valence-electron chi connectivity index (χ0n) is 19.0. The minimum atomic E-state index is -0.771. The highest BCUT2D eigenvalue weighted by Crippen LogP contribution is 2.61. The fraction of sp³-hybridized carbons (Fsp3) is 0.682. The molecule has 0 unspecified atom stereocenters. The smallest absolute Gasteiger partial charge is 0.334 e. The van der Waals surface area contributed by atoms with Gasteiger partial charge in [-0.3, -0.25) is 29.1 Å². The van der Waals surface area contributed by atoms with Crippen molar-refractivity contribution in [3.8, 4) is 0 Å². The van der Waals surface area contributed by atoms with Gasteiger partial charge in [-0.25, -0.2) is 9.59 Å². The molecule has 0 atom stereocenters. The SMILES string of the molecule is CN1C(=O)N(C)C2(CC3(CCC(N4C(=O)C(=C(N)N)C(=O)N(CC5CC5)C4=O)CC3)C2)C1=O. The Hall–Kier alpha value is -3.11. The van der Waals surface area contributed by atoms with E-state index >= 15 is 0 Å². The summed E-state index contributed by atoms with van der Waals surface area (Å²) in [5.41, 5.74) is 10.1. The van der Waals surface area contributed by atoms with E-state index in [0.717, 1.165) is 30.6 Å². The lowest BCUT2D eigenvalue weighted by Crippen LogP contribution is -2.65. The van der Waals surface area contributed by atoms with Crippen molar-refractivity contribution >= 4 is 29.8 Å². The van der Waals surface area contributed by atoms with Gasteiger partial charge in [0.05, 0.1) is 0 Å². The van der Waals surface area contributed by atoms with E-state index in [1.165, 1.54) is 16.8 Å². The number of likely N-dealkylation sites (N-methyl/N-ethyl adjacent to an activating group) is 2. The van der Waals surface area contributed by atoms with Gasteiger partial charge in [0.15, 0.2) is 0 Å². The number of hydrogen-bond acceptors (Lipinski definition) is 7. The van der Waals surface area contributed by atoms with Crippen molar-refractivity contribution in [1.82, 2.24) is 19.6 Å². The number of carbonyl (C=O) groups excluding carboxylic acids is 5. The number of urea groups is 2. The van der Waals surface area contributed by atoms with Crippen molar-refractivity contribution in [2.24, 2.45) is 22.8 Å². The van der Waals surface area contributed by atoms with Crippen LogP contribution in [0, 0.1) is 11.3 Å². The summed E-state index contributed by atoms with van der Waals surface area (Å²) < 4.78 is 0. The first kappa shape index (κ1) is 21.7. The molecule has 2 heterocycles. The van der Waals surface area contributed by atoms with Crippen LogP contribution in [-0.2, 0) is 14.4 Å². The summed E-state index contributed by atoms with van der Waals surface area (Å²) in [6, 6.07) is -1.24. The quantitative estimate of drug-likeness (QED) is 0.351. The van der Waals surface area contributed by atoms with Crippen molar-refractivity contribution in [2.75, 3.05) is 20.6 Å². The summed E-state index contributed by atoms with van der Waals surface area (Å²) in [5, 5.41) is 0. The molecule has 5 rings (SSSR count). The number of amides is 7. The second-order valence-corrected chi connectivity index (χ2v) is 10.5. The molecule has 2 aliphatic heterocycles. The van der Waals surface area contributed by atoms with Crippen LogP contribution in [0.2, 0.25) is 0 Å². The first-order chi connectivity index (χ1) is 15.5. The molecule has 0 aromatic rings. The number of rotatable bonds is 3. The van der Waals surface area contributed by atoms with Crippen molar-refractivity contribution in [3.05, 3.63) is 11.4 Å². The van der Waals surface area contributed by atoms with E-state index in [2.05, 4.69) is 0 Å². The van der Waals surface area contributed by atoms with Crippen LogP contribution in [0.15, 0.2) is 11.4 Å². The van der Waals surface area contributed by atoms with Crippen molar-refractivity contribution in [2.45, 2.75) is 62.9 Å². The maximum absolute atomic E-state index is 13.2. The van der Waals surface area contributed by atoms with Gasteiger partial charge in [0.1, 0.15) is 16.9 Å². The molecule has 178 valence electrons. The van der Waals surface area contributed by atoms with E-state index in [1.54, 1.807) is 11.9 Å². The molecule has 0 aromatic carbocycles. The van der Waals surface area contributed by atoms with Crippen LogP contribution in [-0.4, -0.2) is 81.6 Å². The third kappa shape index (κ3) is 2.97. The average molecular weight is 459 g/mol. The number of nitrogens with zero attached hydrogens (tertiary/aromatic N) is 4. The van der Waals surface area contributed by atoms with E-state index in [0.29, 0.717) is 25.7 Å². The van der Waals surface area contributed by atoms with Gasteiger partial charge in [0, 0.05) is 26.7 Å². The highest BCUT2D eigenvalue weighted by molar-refractivity contribution is 6.29. The molecule has 5 aliphatic rings. The van der Waals surface area contributed by atoms with Gasteiger partial charge in [-0.05, 0) is 62.7 Å². The molecular weight excluding hydrogens is 428 g/mol. The first-order valence-electron chi connectivity index (χ1n) is 11.5. The molecule has 2 spiro atoms. The second-order valence-electron chi connectivity index (χ2n) is 10.5.